The van der Waals surface area contributed by atoms with Gasteiger partial charge in [0.05, 0.1) is 16.6 Å². The Hall–Kier alpha value is -4.82. The van der Waals surface area contributed by atoms with Crippen molar-refractivity contribution in [3.63, 3.8) is 0 Å². The maximum atomic E-state index is 2.51. The van der Waals surface area contributed by atoms with Crippen LogP contribution in [-0.4, -0.2) is 9.13 Å². The number of hydrogen-bond donors (Lipinski definition) is 0. The van der Waals surface area contributed by atoms with E-state index in [-0.39, 0.29) is 5.54 Å². The van der Waals surface area contributed by atoms with E-state index in [2.05, 4.69) is 157 Å². The Morgan fingerprint density at radius 3 is 1.75 bits per heavy atom. The van der Waals surface area contributed by atoms with E-state index >= 15 is 0 Å². The Labute approximate surface area is 233 Å². The van der Waals surface area contributed by atoms with E-state index in [0.29, 0.717) is 0 Å². The molecule has 0 saturated heterocycles. The van der Waals surface area contributed by atoms with E-state index < -0.39 is 0 Å². The molecule has 0 amide bonds. The summed E-state index contributed by atoms with van der Waals surface area (Å²) >= 11 is 0. The normalized spacial score (nSPS) is 12.4. The van der Waals surface area contributed by atoms with Gasteiger partial charge in [-0.05, 0) is 85.1 Å². The summed E-state index contributed by atoms with van der Waals surface area (Å²) < 4.78 is 4.96. The van der Waals surface area contributed by atoms with Crippen LogP contribution >= 0.6 is 0 Å². The number of hydrogen-bond acceptors (Lipinski definition) is 0. The molecular weight excluding hydrogens is 484 g/mol. The number of nitrogens with zero attached hydrogens (tertiary/aromatic N) is 2. The van der Waals surface area contributed by atoms with E-state index in [1.807, 2.05) is 0 Å². The molecule has 2 heteroatoms. The van der Waals surface area contributed by atoms with Gasteiger partial charge in [0.2, 0.25) is 0 Å². The SMILES string of the molecule is CC(C)(C)n1c2ccccc2c2cc3c4cc5ccccc5cc4n(-c4ccc(-c5ccccc5)cc4)c3cc21. The van der Waals surface area contributed by atoms with E-state index in [0.717, 1.165) is 0 Å². The van der Waals surface area contributed by atoms with E-state index in [9.17, 15) is 0 Å². The lowest BCUT2D eigenvalue weighted by atomic mass is 10.0. The number of benzene rings is 6. The van der Waals surface area contributed by atoms with Gasteiger partial charge in [0, 0.05) is 38.3 Å². The van der Waals surface area contributed by atoms with Crippen LogP contribution in [0.15, 0.2) is 127 Å². The minimum absolute atomic E-state index is 0.0577. The monoisotopic (exact) mass is 514 g/mol. The summed E-state index contributed by atoms with van der Waals surface area (Å²) in [5.41, 5.74) is 8.61. The summed E-state index contributed by atoms with van der Waals surface area (Å²) in [6.45, 7) is 6.90. The summed E-state index contributed by atoms with van der Waals surface area (Å²) in [6.07, 6.45) is 0. The maximum Gasteiger partial charge on any atom is 0.0562 e. The van der Waals surface area contributed by atoms with Crippen LogP contribution in [-0.2, 0) is 5.54 Å². The van der Waals surface area contributed by atoms with Crippen molar-refractivity contribution >= 4 is 54.4 Å². The highest BCUT2D eigenvalue weighted by molar-refractivity contribution is 6.20. The van der Waals surface area contributed by atoms with Crippen LogP contribution in [0.1, 0.15) is 20.8 Å². The number of para-hydroxylation sites is 1. The Morgan fingerprint density at radius 1 is 0.425 bits per heavy atom. The van der Waals surface area contributed by atoms with Crippen molar-refractivity contribution in [1.29, 1.82) is 0 Å². The Kier molecular flexibility index (Phi) is 4.82. The van der Waals surface area contributed by atoms with Gasteiger partial charge in [-0.25, -0.2) is 0 Å². The molecule has 0 saturated carbocycles. The molecule has 0 N–H and O–H groups in total. The predicted molar refractivity (Wildman–Crippen MR) is 172 cm³/mol. The van der Waals surface area contributed by atoms with E-state index in [4.69, 9.17) is 0 Å². The van der Waals surface area contributed by atoms with Crippen LogP contribution in [0.25, 0.3) is 71.2 Å². The lowest BCUT2D eigenvalue weighted by Crippen LogP contribution is -2.21. The van der Waals surface area contributed by atoms with E-state index in [1.54, 1.807) is 0 Å². The summed E-state index contributed by atoms with van der Waals surface area (Å²) in [5, 5.41) is 7.72. The first-order chi connectivity index (χ1) is 19.5. The largest absolute Gasteiger partial charge is 0.335 e. The first-order valence-electron chi connectivity index (χ1n) is 14.0. The molecule has 0 bridgehead atoms. The molecule has 8 rings (SSSR count). The number of aromatic nitrogens is 2. The van der Waals surface area contributed by atoms with Gasteiger partial charge in [-0.3, -0.25) is 0 Å². The maximum absolute atomic E-state index is 2.51. The third-order valence-corrected chi connectivity index (χ3v) is 8.33. The smallest absolute Gasteiger partial charge is 0.0562 e. The number of fused-ring (bicyclic) bond motifs is 7. The molecule has 0 unspecified atom stereocenters. The second-order valence-electron chi connectivity index (χ2n) is 11.9. The molecule has 40 heavy (non-hydrogen) atoms. The summed E-state index contributed by atoms with van der Waals surface area (Å²) in [5.74, 6) is 0. The van der Waals surface area contributed by atoms with E-state index in [1.165, 1.54) is 71.2 Å². The fourth-order valence-electron chi connectivity index (χ4n) is 6.60. The Morgan fingerprint density at radius 2 is 1.00 bits per heavy atom. The second-order valence-corrected chi connectivity index (χ2v) is 11.9. The zero-order valence-electron chi connectivity index (χ0n) is 23.0. The predicted octanol–water partition coefficient (Wildman–Crippen LogP) is 10.5. The molecule has 0 radical (unpaired) electrons. The quantitative estimate of drug-likeness (QED) is 0.217. The molecule has 0 aliphatic carbocycles. The minimum Gasteiger partial charge on any atom is -0.335 e. The van der Waals surface area contributed by atoms with Crippen LogP contribution in [0.4, 0.5) is 0 Å². The highest BCUT2D eigenvalue weighted by Gasteiger charge is 2.23. The van der Waals surface area contributed by atoms with Crippen molar-refractivity contribution in [3.8, 4) is 16.8 Å². The standard InChI is InChI=1S/C38H30N2/c1-38(2,3)40-34-16-10-9-15-30(34)32-23-33-31-21-27-13-7-8-14-28(27)22-35(31)39(36(33)24-37(32)40)29-19-17-26(18-20-29)25-11-5-4-6-12-25/h4-24H,1-3H3. The Balaban J connectivity index is 1.50. The highest BCUT2D eigenvalue weighted by Crippen LogP contribution is 2.41. The van der Waals surface area contributed by atoms with Crippen LogP contribution in [0.5, 0.6) is 0 Å². The Bertz CT molecular complexity index is 2220. The van der Waals surface area contributed by atoms with Crippen molar-refractivity contribution in [3.05, 3.63) is 127 Å². The van der Waals surface area contributed by atoms with Crippen LogP contribution in [0, 0.1) is 0 Å². The third-order valence-electron chi connectivity index (χ3n) is 8.33. The minimum atomic E-state index is -0.0577. The molecule has 2 nitrogen and oxygen atoms in total. The molecule has 0 aliphatic heterocycles. The van der Waals surface area contributed by atoms with Gasteiger partial charge in [0.15, 0.2) is 0 Å². The molecular formula is C38H30N2. The van der Waals surface area contributed by atoms with Gasteiger partial charge < -0.3 is 9.13 Å². The molecule has 2 heterocycles. The lowest BCUT2D eigenvalue weighted by Gasteiger charge is -2.24. The van der Waals surface area contributed by atoms with Crippen molar-refractivity contribution in [2.75, 3.05) is 0 Å². The van der Waals surface area contributed by atoms with Crippen molar-refractivity contribution in [2.24, 2.45) is 0 Å². The van der Waals surface area contributed by atoms with Crippen LogP contribution in [0.2, 0.25) is 0 Å². The van der Waals surface area contributed by atoms with Gasteiger partial charge in [0.1, 0.15) is 0 Å². The highest BCUT2D eigenvalue weighted by atomic mass is 15.1. The van der Waals surface area contributed by atoms with Crippen molar-refractivity contribution < 1.29 is 0 Å². The van der Waals surface area contributed by atoms with Crippen molar-refractivity contribution in [2.45, 2.75) is 26.3 Å². The summed E-state index contributed by atoms with van der Waals surface area (Å²) in [7, 11) is 0. The van der Waals surface area contributed by atoms with Crippen LogP contribution in [0.3, 0.4) is 0 Å². The molecule has 0 atom stereocenters. The number of rotatable bonds is 2. The average Bonchev–Trinajstić information content (AvgIpc) is 3.47. The van der Waals surface area contributed by atoms with Gasteiger partial charge >= 0.3 is 0 Å². The van der Waals surface area contributed by atoms with Crippen molar-refractivity contribution in [1.82, 2.24) is 9.13 Å². The molecule has 0 fully saturated rings. The first-order valence-corrected chi connectivity index (χ1v) is 14.0. The zero-order valence-corrected chi connectivity index (χ0v) is 23.0. The zero-order chi connectivity index (χ0) is 27.0. The average molecular weight is 515 g/mol. The van der Waals surface area contributed by atoms with Gasteiger partial charge in [-0.15, -0.1) is 0 Å². The molecule has 6 aromatic carbocycles. The molecule has 8 aromatic rings. The molecule has 2 aromatic heterocycles. The molecule has 0 spiro atoms. The topological polar surface area (TPSA) is 9.86 Å². The van der Waals surface area contributed by atoms with Gasteiger partial charge in [-0.2, -0.15) is 0 Å². The molecule has 192 valence electrons. The lowest BCUT2D eigenvalue weighted by molar-refractivity contribution is 0.423. The van der Waals surface area contributed by atoms with Gasteiger partial charge in [0.25, 0.3) is 0 Å². The third kappa shape index (κ3) is 3.36. The summed E-state index contributed by atoms with van der Waals surface area (Å²) in [6, 6.07) is 46.7. The summed E-state index contributed by atoms with van der Waals surface area (Å²) in [4.78, 5) is 0. The second kappa shape index (κ2) is 8.34. The fraction of sp³-hybridized carbons (Fsp3) is 0.105. The first kappa shape index (κ1) is 23.1. The van der Waals surface area contributed by atoms with Crippen LogP contribution < -0.4 is 0 Å². The fourth-order valence-corrected chi connectivity index (χ4v) is 6.60. The molecule has 0 aliphatic rings. The van der Waals surface area contributed by atoms with Gasteiger partial charge in [-0.1, -0.05) is 84.9 Å².